The minimum absolute atomic E-state index is 0.176. The lowest BCUT2D eigenvalue weighted by Gasteiger charge is -2.37. The molecule has 1 fully saturated rings. The summed E-state index contributed by atoms with van der Waals surface area (Å²) in [6.45, 7) is 9.34. The predicted molar refractivity (Wildman–Crippen MR) is 81.3 cm³/mol. The van der Waals surface area contributed by atoms with E-state index in [1.54, 1.807) is 0 Å². The van der Waals surface area contributed by atoms with Gasteiger partial charge in [-0.1, -0.05) is 20.8 Å². The number of carbonyl (C=O) groups excluding carboxylic acids is 1. The van der Waals surface area contributed by atoms with Crippen molar-refractivity contribution in [3.8, 4) is 0 Å². The normalized spacial score (nSPS) is 18.6. The third-order valence-corrected chi connectivity index (χ3v) is 4.38. The number of likely N-dealkylation sites (tertiary alicyclic amines) is 1. The Morgan fingerprint density at radius 3 is 2.58 bits per heavy atom. The van der Waals surface area contributed by atoms with Crippen LogP contribution in [0.2, 0.25) is 0 Å². The number of carbonyl (C=O) groups is 1. The van der Waals surface area contributed by atoms with Crippen LogP contribution in [0, 0.1) is 5.41 Å². The summed E-state index contributed by atoms with van der Waals surface area (Å²) >= 11 is 3.47. The van der Waals surface area contributed by atoms with Gasteiger partial charge in [-0.3, -0.25) is 4.79 Å². The molecule has 0 spiro atoms. The molecule has 19 heavy (non-hydrogen) atoms. The Balaban J connectivity index is 2.12. The van der Waals surface area contributed by atoms with Crippen LogP contribution in [0.4, 0.5) is 0 Å². The maximum atomic E-state index is 12.6. The van der Waals surface area contributed by atoms with Gasteiger partial charge in [-0.05, 0) is 46.7 Å². The number of aromatic nitrogens is 1. The number of halogens is 1. The molecule has 1 amide bonds. The van der Waals surface area contributed by atoms with Crippen molar-refractivity contribution in [2.24, 2.45) is 5.41 Å². The Morgan fingerprint density at radius 2 is 2.00 bits per heavy atom. The fourth-order valence-corrected chi connectivity index (χ4v) is 3.02. The van der Waals surface area contributed by atoms with E-state index in [9.17, 15) is 4.79 Å². The van der Waals surface area contributed by atoms with Gasteiger partial charge >= 0.3 is 0 Å². The quantitative estimate of drug-likeness (QED) is 0.826. The van der Waals surface area contributed by atoms with Crippen LogP contribution >= 0.6 is 15.9 Å². The first-order valence-corrected chi connectivity index (χ1v) is 7.87. The average molecular weight is 327 g/mol. The molecule has 1 saturated heterocycles. The van der Waals surface area contributed by atoms with E-state index in [1.807, 2.05) is 17.2 Å². The van der Waals surface area contributed by atoms with Gasteiger partial charge in [0.1, 0.15) is 5.69 Å². The Morgan fingerprint density at radius 1 is 1.37 bits per heavy atom. The second-order valence-electron chi connectivity index (χ2n) is 6.19. The lowest BCUT2D eigenvalue weighted by Crippen LogP contribution is -2.41. The van der Waals surface area contributed by atoms with E-state index in [0.29, 0.717) is 5.41 Å². The van der Waals surface area contributed by atoms with E-state index >= 15 is 0 Å². The lowest BCUT2D eigenvalue weighted by molar-refractivity contribution is 0.0619. The highest BCUT2D eigenvalue weighted by molar-refractivity contribution is 9.10. The molecule has 0 bridgehead atoms. The first kappa shape index (κ1) is 14.6. The minimum Gasteiger partial charge on any atom is -0.342 e. The molecule has 1 aliphatic heterocycles. The van der Waals surface area contributed by atoms with Crippen LogP contribution in [0.5, 0.6) is 0 Å². The Kier molecular flexibility index (Phi) is 4.39. The van der Waals surface area contributed by atoms with Crippen LogP contribution < -0.4 is 0 Å². The van der Waals surface area contributed by atoms with Gasteiger partial charge in [0.25, 0.3) is 5.91 Å². The summed E-state index contributed by atoms with van der Waals surface area (Å²) in [6, 6.07) is 1.94. The van der Waals surface area contributed by atoms with Crippen LogP contribution in [0.1, 0.15) is 50.5 Å². The molecular formula is C15H23BrN2O. The number of aryl methyl sites for hydroxylation is 1. The van der Waals surface area contributed by atoms with Crippen molar-refractivity contribution in [1.82, 2.24) is 9.47 Å². The van der Waals surface area contributed by atoms with E-state index in [1.165, 1.54) is 0 Å². The second kappa shape index (κ2) is 5.70. The van der Waals surface area contributed by atoms with Crippen molar-refractivity contribution < 1.29 is 4.79 Å². The highest BCUT2D eigenvalue weighted by Crippen LogP contribution is 2.30. The summed E-state index contributed by atoms with van der Waals surface area (Å²) < 4.78 is 3.05. The zero-order valence-corrected chi connectivity index (χ0v) is 13.7. The molecule has 0 N–H and O–H groups in total. The molecule has 0 radical (unpaired) electrons. The van der Waals surface area contributed by atoms with Crippen molar-refractivity contribution in [1.29, 1.82) is 0 Å². The average Bonchev–Trinajstić information content (AvgIpc) is 2.70. The van der Waals surface area contributed by atoms with Crippen LogP contribution in [-0.2, 0) is 6.54 Å². The zero-order chi connectivity index (χ0) is 14.0. The summed E-state index contributed by atoms with van der Waals surface area (Å²) in [5, 5.41) is 0. The van der Waals surface area contributed by atoms with Gasteiger partial charge in [-0.15, -0.1) is 0 Å². The third-order valence-electron chi connectivity index (χ3n) is 3.95. The lowest BCUT2D eigenvalue weighted by atomic mass is 9.82. The fourth-order valence-electron chi connectivity index (χ4n) is 2.56. The number of rotatable bonds is 3. The van der Waals surface area contributed by atoms with E-state index in [-0.39, 0.29) is 5.91 Å². The Bertz CT molecular complexity index is 455. The molecule has 3 nitrogen and oxygen atoms in total. The first-order valence-electron chi connectivity index (χ1n) is 7.08. The number of amides is 1. The molecule has 4 heteroatoms. The van der Waals surface area contributed by atoms with Crippen molar-refractivity contribution in [3.63, 3.8) is 0 Å². The second-order valence-corrected chi connectivity index (χ2v) is 7.11. The molecule has 0 unspecified atom stereocenters. The molecule has 2 rings (SSSR count). The van der Waals surface area contributed by atoms with Crippen LogP contribution in [0.15, 0.2) is 16.7 Å². The number of nitrogens with zero attached hydrogens (tertiary/aromatic N) is 2. The Labute approximate surface area is 124 Å². The van der Waals surface area contributed by atoms with Gasteiger partial charge in [0, 0.05) is 30.3 Å². The zero-order valence-electron chi connectivity index (χ0n) is 12.1. The molecule has 106 valence electrons. The van der Waals surface area contributed by atoms with E-state index in [2.05, 4.69) is 41.3 Å². The number of piperidine rings is 1. The van der Waals surface area contributed by atoms with Crippen molar-refractivity contribution >= 4 is 21.8 Å². The number of hydrogen-bond acceptors (Lipinski definition) is 1. The summed E-state index contributed by atoms with van der Waals surface area (Å²) in [4.78, 5) is 14.6. The molecule has 0 aliphatic carbocycles. The summed E-state index contributed by atoms with van der Waals surface area (Å²) in [7, 11) is 0. The van der Waals surface area contributed by atoms with Gasteiger partial charge in [-0.25, -0.2) is 0 Å². The predicted octanol–water partition coefficient (Wildman–Crippen LogP) is 3.92. The largest absolute Gasteiger partial charge is 0.342 e. The summed E-state index contributed by atoms with van der Waals surface area (Å²) in [5.74, 6) is 0.176. The molecule has 1 aliphatic rings. The molecule has 0 saturated carbocycles. The van der Waals surface area contributed by atoms with Crippen molar-refractivity contribution in [3.05, 3.63) is 22.4 Å². The molecule has 1 aromatic heterocycles. The van der Waals surface area contributed by atoms with Gasteiger partial charge in [0.15, 0.2) is 0 Å². The molecule has 1 aromatic rings. The summed E-state index contributed by atoms with van der Waals surface area (Å²) in [5.41, 5.74) is 1.19. The fraction of sp³-hybridized carbons (Fsp3) is 0.667. The van der Waals surface area contributed by atoms with Crippen LogP contribution in [0.3, 0.4) is 0 Å². The van der Waals surface area contributed by atoms with Gasteiger partial charge in [0.2, 0.25) is 0 Å². The molecule has 0 aromatic carbocycles. The maximum absolute atomic E-state index is 12.6. The van der Waals surface area contributed by atoms with Crippen LogP contribution in [0.25, 0.3) is 0 Å². The highest BCUT2D eigenvalue weighted by atomic mass is 79.9. The van der Waals surface area contributed by atoms with E-state index < -0.39 is 0 Å². The first-order chi connectivity index (χ1) is 8.93. The van der Waals surface area contributed by atoms with Gasteiger partial charge in [-0.2, -0.15) is 0 Å². The molecule has 0 atom stereocenters. The standard InChI is InChI=1S/C15H23BrN2O/c1-4-7-18-11-12(16)10-13(18)14(19)17-8-5-15(2,3)6-9-17/h10-11H,4-9H2,1-3H3. The number of hydrogen-bond donors (Lipinski definition) is 0. The Hall–Kier alpha value is -0.770. The highest BCUT2D eigenvalue weighted by Gasteiger charge is 2.29. The van der Waals surface area contributed by atoms with Gasteiger partial charge in [0.05, 0.1) is 0 Å². The van der Waals surface area contributed by atoms with E-state index in [4.69, 9.17) is 0 Å². The summed E-state index contributed by atoms with van der Waals surface area (Å²) in [6.07, 6.45) is 5.22. The van der Waals surface area contributed by atoms with E-state index in [0.717, 1.165) is 49.1 Å². The SMILES string of the molecule is CCCn1cc(Br)cc1C(=O)N1CCC(C)(C)CC1. The van der Waals surface area contributed by atoms with Gasteiger partial charge < -0.3 is 9.47 Å². The van der Waals surface area contributed by atoms with Crippen molar-refractivity contribution in [2.45, 2.75) is 46.6 Å². The third kappa shape index (κ3) is 3.41. The minimum atomic E-state index is 0.176. The smallest absolute Gasteiger partial charge is 0.270 e. The topological polar surface area (TPSA) is 25.2 Å². The molecular weight excluding hydrogens is 304 g/mol. The van der Waals surface area contributed by atoms with Crippen molar-refractivity contribution in [2.75, 3.05) is 13.1 Å². The molecule has 2 heterocycles. The maximum Gasteiger partial charge on any atom is 0.270 e. The monoisotopic (exact) mass is 326 g/mol. The van der Waals surface area contributed by atoms with Crippen LogP contribution in [-0.4, -0.2) is 28.5 Å².